The van der Waals surface area contributed by atoms with Crippen molar-refractivity contribution in [1.82, 2.24) is 0 Å². The average Bonchev–Trinajstić information content (AvgIpc) is 2.54. The zero-order chi connectivity index (χ0) is 17.6. The Morgan fingerprint density at radius 1 is 0.833 bits per heavy atom. The summed E-state index contributed by atoms with van der Waals surface area (Å²) >= 11 is 0. The Kier molecular flexibility index (Phi) is 4.20. The molecule has 0 spiro atoms. The second-order valence-corrected chi connectivity index (χ2v) is 8.90. The van der Waals surface area contributed by atoms with Crippen LogP contribution in [0.5, 0.6) is 0 Å². The number of hydrogen-bond acceptors (Lipinski definition) is 3. The number of hydrogen-bond donors (Lipinski definition) is 0. The first-order valence-corrected chi connectivity index (χ1v) is 10.1. The highest BCUT2D eigenvalue weighted by molar-refractivity contribution is 7.92. The van der Waals surface area contributed by atoms with Crippen molar-refractivity contribution in [3.63, 3.8) is 0 Å². The van der Waals surface area contributed by atoms with Crippen LogP contribution >= 0.6 is 0 Å². The quantitative estimate of drug-likeness (QED) is 0.765. The molecule has 3 rings (SSSR count). The van der Waals surface area contributed by atoms with E-state index in [4.69, 9.17) is 0 Å². The summed E-state index contributed by atoms with van der Waals surface area (Å²) in [5.74, 6) is 0.659. The van der Waals surface area contributed by atoms with Gasteiger partial charge in [-0.15, -0.1) is 0 Å². The summed E-state index contributed by atoms with van der Waals surface area (Å²) in [5, 5.41) is 0. The van der Waals surface area contributed by atoms with Crippen LogP contribution in [0.15, 0.2) is 46.2 Å². The summed E-state index contributed by atoms with van der Waals surface area (Å²) in [5.41, 5.74) is 3.80. The standard InChI is InChI=1S/C20H25NO2S/c1-6-21-17-9-7-16(14(4)5)12-20(17)24(22,23)19-10-8-15(13(2)3)11-18(19)21/h7-14H,6H2,1-5H3. The van der Waals surface area contributed by atoms with Crippen molar-refractivity contribution in [2.45, 2.75) is 56.2 Å². The molecule has 128 valence electrons. The maximum atomic E-state index is 13.2. The van der Waals surface area contributed by atoms with E-state index in [0.29, 0.717) is 21.6 Å². The lowest BCUT2D eigenvalue weighted by molar-refractivity contribution is 0.593. The van der Waals surface area contributed by atoms with Crippen LogP contribution in [0.1, 0.15) is 57.6 Å². The molecule has 3 nitrogen and oxygen atoms in total. The lowest BCUT2D eigenvalue weighted by Crippen LogP contribution is -2.26. The van der Waals surface area contributed by atoms with Crippen molar-refractivity contribution in [2.24, 2.45) is 0 Å². The number of rotatable bonds is 3. The van der Waals surface area contributed by atoms with E-state index in [0.717, 1.165) is 29.0 Å². The number of sulfone groups is 1. The molecule has 0 amide bonds. The first-order valence-electron chi connectivity index (χ1n) is 8.57. The molecule has 0 radical (unpaired) electrons. The van der Waals surface area contributed by atoms with Crippen LogP contribution in [-0.2, 0) is 9.84 Å². The topological polar surface area (TPSA) is 37.4 Å². The molecular formula is C20H25NO2S. The van der Waals surface area contributed by atoms with Crippen molar-refractivity contribution in [3.8, 4) is 0 Å². The highest BCUT2D eigenvalue weighted by Gasteiger charge is 2.34. The van der Waals surface area contributed by atoms with Crippen LogP contribution in [-0.4, -0.2) is 15.0 Å². The molecule has 0 atom stereocenters. The van der Waals surface area contributed by atoms with Gasteiger partial charge < -0.3 is 4.90 Å². The fraction of sp³-hybridized carbons (Fsp3) is 0.400. The van der Waals surface area contributed by atoms with Gasteiger partial charge in [0.25, 0.3) is 0 Å². The monoisotopic (exact) mass is 343 g/mol. The Balaban J connectivity index is 2.29. The Bertz CT molecular complexity index is 883. The number of benzene rings is 2. The van der Waals surface area contributed by atoms with Gasteiger partial charge in [0.15, 0.2) is 0 Å². The number of fused-ring (bicyclic) bond motifs is 2. The third-order valence-electron chi connectivity index (χ3n) is 4.78. The predicted molar refractivity (Wildman–Crippen MR) is 99.2 cm³/mol. The molecule has 24 heavy (non-hydrogen) atoms. The van der Waals surface area contributed by atoms with E-state index in [9.17, 15) is 8.42 Å². The molecule has 0 aromatic heterocycles. The molecule has 2 aromatic carbocycles. The fourth-order valence-corrected chi connectivity index (χ4v) is 4.92. The molecule has 0 saturated carbocycles. The second kappa shape index (κ2) is 5.92. The first-order chi connectivity index (χ1) is 11.3. The van der Waals surface area contributed by atoms with Gasteiger partial charge in [0, 0.05) is 6.54 Å². The zero-order valence-corrected chi connectivity index (χ0v) is 15.8. The number of nitrogens with zero attached hydrogens (tertiary/aromatic N) is 1. The zero-order valence-electron chi connectivity index (χ0n) is 15.0. The molecule has 2 aromatic rings. The minimum absolute atomic E-state index is 0.297. The maximum Gasteiger partial charge on any atom is 0.210 e. The smallest absolute Gasteiger partial charge is 0.210 e. The van der Waals surface area contributed by atoms with E-state index in [1.54, 1.807) is 6.07 Å². The summed E-state index contributed by atoms with van der Waals surface area (Å²) in [6, 6.07) is 11.6. The van der Waals surface area contributed by atoms with Gasteiger partial charge in [0.2, 0.25) is 9.84 Å². The van der Waals surface area contributed by atoms with Crippen molar-refractivity contribution >= 4 is 21.2 Å². The van der Waals surface area contributed by atoms with Gasteiger partial charge in [-0.2, -0.15) is 0 Å². The molecule has 0 bridgehead atoms. The van der Waals surface area contributed by atoms with E-state index in [1.165, 1.54) is 0 Å². The molecule has 0 unspecified atom stereocenters. The minimum atomic E-state index is -3.48. The van der Waals surface area contributed by atoms with Crippen LogP contribution in [0.25, 0.3) is 0 Å². The van der Waals surface area contributed by atoms with Crippen LogP contribution in [0.4, 0.5) is 11.4 Å². The third kappa shape index (κ3) is 2.53. The molecule has 0 fully saturated rings. The largest absolute Gasteiger partial charge is 0.340 e. The van der Waals surface area contributed by atoms with Gasteiger partial charge in [0.1, 0.15) is 0 Å². The Hall–Kier alpha value is -1.81. The second-order valence-electron chi connectivity index (χ2n) is 7.01. The molecule has 0 N–H and O–H groups in total. The SMILES string of the molecule is CCN1c2cc(C(C)C)ccc2S(=O)(=O)c2cc(C(C)C)ccc21. The van der Waals surface area contributed by atoms with Gasteiger partial charge >= 0.3 is 0 Å². The minimum Gasteiger partial charge on any atom is -0.340 e. The first kappa shape index (κ1) is 17.0. The third-order valence-corrected chi connectivity index (χ3v) is 6.61. The summed E-state index contributed by atoms with van der Waals surface area (Å²) < 4.78 is 26.4. The van der Waals surface area contributed by atoms with Crippen molar-refractivity contribution in [2.75, 3.05) is 11.4 Å². The molecular weight excluding hydrogens is 318 g/mol. The highest BCUT2D eigenvalue weighted by atomic mass is 32.2. The van der Waals surface area contributed by atoms with E-state index < -0.39 is 9.84 Å². The van der Waals surface area contributed by atoms with Crippen molar-refractivity contribution in [3.05, 3.63) is 47.5 Å². The fourth-order valence-electron chi connectivity index (χ4n) is 3.25. The summed E-state index contributed by atoms with van der Waals surface area (Å²) in [6.07, 6.45) is 0. The average molecular weight is 343 g/mol. The Morgan fingerprint density at radius 2 is 1.42 bits per heavy atom. The van der Waals surface area contributed by atoms with Crippen LogP contribution in [0, 0.1) is 0 Å². The van der Waals surface area contributed by atoms with Gasteiger partial charge in [-0.1, -0.05) is 39.8 Å². The highest BCUT2D eigenvalue weighted by Crippen LogP contribution is 2.45. The summed E-state index contributed by atoms with van der Waals surface area (Å²) in [4.78, 5) is 2.96. The maximum absolute atomic E-state index is 13.2. The van der Waals surface area contributed by atoms with E-state index in [-0.39, 0.29) is 0 Å². The van der Waals surface area contributed by atoms with E-state index in [2.05, 4.69) is 39.5 Å². The molecule has 0 saturated heterocycles. The van der Waals surface area contributed by atoms with Crippen LogP contribution in [0.3, 0.4) is 0 Å². The molecule has 1 heterocycles. The number of anilines is 2. The molecule has 1 aliphatic heterocycles. The lowest BCUT2D eigenvalue weighted by Gasteiger charge is -2.33. The molecule has 4 heteroatoms. The van der Waals surface area contributed by atoms with Gasteiger partial charge in [0.05, 0.1) is 21.2 Å². The summed E-state index contributed by atoms with van der Waals surface area (Å²) in [7, 11) is -3.48. The predicted octanol–water partition coefficient (Wildman–Crippen LogP) is 5.24. The van der Waals surface area contributed by atoms with Gasteiger partial charge in [-0.05, 0) is 54.2 Å². The summed E-state index contributed by atoms with van der Waals surface area (Å²) in [6.45, 7) is 11.2. The lowest BCUT2D eigenvalue weighted by atomic mass is 10.0. The van der Waals surface area contributed by atoms with Crippen LogP contribution in [0.2, 0.25) is 0 Å². The van der Waals surface area contributed by atoms with Gasteiger partial charge in [-0.25, -0.2) is 8.42 Å². The molecule has 1 aliphatic rings. The van der Waals surface area contributed by atoms with Crippen LogP contribution < -0.4 is 4.90 Å². The Morgan fingerprint density at radius 3 is 2.00 bits per heavy atom. The van der Waals surface area contributed by atoms with Crippen molar-refractivity contribution in [1.29, 1.82) is 0 Å². The molecule has 0 aliphatic carbocycles. The van der Waals surface area contributed by atoms with Crippen molar-refractivity contribution < 1.29 is 8.42 Å². The van der Waals surface area contributed by atoms with E-state index in [1.807, 2.05) is 30.3 Å². The van der Waals surface area contributed by atoms with Gasteiger partial charge in [-0.3, -0.25) is 0 Å². The Labute approximate surface area is 145 Å². The van der Waals surface area contributed by atoms with E-state index >= 15 is 0 Å². The normalized spacial score (nSPS) is 15.5.